The van der Waals surface area contributed by atoms with Crippen LogP contribution in [0.4, 0.5) is 0 Å². The van der Waals surface area contributed by atoms with Gasteiger partial charge in [0.25, 0.3) is 0 Å². The van der Waals surface area contributed by atoms with Crippen molar-refractivity contribution in [3.05, 3.63) is 17.5 Å². The molecule has 0 saturated carbocycles. The van der Waals surface area contributed by atoms with Gasteiger partial charge in [0.1, 0.15) is 11.5 Å². The number of aromatic nitrogens is 1. The molecule has 4 nitrogen and oxygen atoms in total. The summed E-state index contributed by atoms with van der Waals surface area (Å²) in [5, 5.41) is 12.6. The Bertz CT molecular complexity index is 311. The number of piperidine rings is 1. The number of aliphatic hydroxyl groups is 1. The molecular weight excluding hydrogens is 192 g/mol. The van der Waals surface area contributed by atoms with Crippen molar-refractivity contribution in [3.8, 4) is 0 Å². The molecule has 1 fully saturated rings. The van der Waals surface area contributed by atoms with Gasteiger partial charge in [-0.2, -0.15) is 0 Å². The Morgan fingerprint density at radius 1 is 1.67 bits per heavy atom. The Balaban J connectivity index is 1.90. The highest BCUT2D eigenvalue weighted by Gasteiger charge is 2.19. The number of hydrogen-bond donors (Lipinski definition) is 1. The molecule has 1 aromatic rings. The van der Waals surface area contributed by atoms with Gasteiger partial charge in [-0.05, 0) is 32.4 Å². The molecule has 0 radical (unpaired) electrons. The summed E-state index contributed by atoms with van der Waals surface area (Å²) in [5.74, 6) is 1.57. The molecule has 1 aliphatic rings. The summed E-state index contributed by atoms with van der Waals surface area (Å²) < 4.78 is 5.16. The largest absolute Gasteiger partial charge is 0.390 e. The fourth-order valence-corrected chi connectivity index (χ4v) is 2.25. The third-order valence-corrected chi connectivity index (χ3v) is 2.98. The Morgan fingerprint density at radius 3 is 3.20 bits per heavy atom. The molecule has 1 aromatic heterocycles. The van der Waals surface area contributed by atoms with E-state index in [0.717, 1.165) is 18.7 Å². The molecule has 15 heavy (non-hydrogen) atoms. The molecule has 4 heteroatoms. The summed E-state index contributed by atoms with van der Waals surface area (Å²) in [6.45, 7) is 2.30. The molecule has 84 valence electrons. The quantitative estimate of drug-likeness (QED) is 0.810. The summed E-state index contributed by atoms with van der Waals surface area (Å²) >= 11 is 0. The normalized spacial score (nSPS) is 23.2. The molecule has 1 aliphatic heterocycles. The predicted molar refractivity (Wildman–Crippen MR) is 56.4 cm³/mol. The van der Waals surface area contributed by atoms with E-state index in [2.05, 4.69) is 17.1 Å². The van der Waals surface area contributed by atoms with Crippen LogP contribution in [0.25, 0.3) is 0 Å². The molecule has 0 amide bonds. The van der Waals surface area contributed by atoms with Crippen LogP contribution in [-0.2, 0) is 13.0 Å². The molecule has 1 saturated heterocycles. The van der Waals surface area contributed by atoms with Crippen molar-refractivity contribution in [2.24, 2.45) is 5.92 Å². The smallest absolute Gasteiger partial charge is 0.137 e. The minimum Gasteiger partial charge on any atom is -0.390 e. The second-order valence-corrected chi connectivity index (χ2v) is 4.42. The lowest BCUT2D eigenvalue weighted by molar-refractivity contribution is 0.200. The van der Waals surface area contributed by atoms with Crippen LogP contribution in [0.15, 0.2) is 10.6 Å². The van der Waals surface area contributed by atoms with E-state index in [1.165, 1.54) is 19.4 Å². The minimum absolute atomic E-state index is 0.0337. The van der Waals surface area contributed by atoms with Crippen molar-refractivity contribution in [2.45, 2.75) is 25.9 Å². The zero-order valence-corrected chi connectivity index (χ0v) is 9.15. The number of hydrogen-bond acceptors (Lipinski definition) is 4. The Hall–Kier alpha value is -0.870. The molecule has 2 heterocycles. The van der Waals surface area contributed by atoms with Crippen molar-refractivity contribution < 1.29 is 9.63 Å². The average molecular weight is 210 g/mol. The highest BCUT2D eigenvalue weighted by molar-refractivity contribution is 5.05. The van der Waals surface area contributed by atoms with Gasteiger partial charge in [0.15, 0.2) is 0 Å². The van der Waals surface area contributed by atoms with Crippen LogP contribution >= 0.6 is 0 Å². The van der Waals surface area contributed by atoms with Crippen LogP contribution in [0.2, 0.25) is 0 Å². The van der Waals surface area contributed by atoms with Crippen molar-refractivity contribution in [1.82, 2.24) is 10.1 Å². The van der Waals surface area contributed by atoms with Crippen molar-refractivity contribution in [3.63, 3.8) is 0 Å². The monoisotopic (exact) mass is 210 g/mol. The molecule has 0 aliphatic carbocycles. The van der Waals surface area contributed by atoms with Crippen molar-refractivity contribution >= 4 is 0 Å². The van der Waals surface area contributed by atoms with E-state index in [-0.39, 0.29) is 6.61 Å². The summed E-state index contributed by atoms with van der Waals surface area (Å²) in [5.41, 5.74) is 0.633. The summed E-state index contributed by atoms with van der Waals surface area (Å²) in [6, 6.07) is 1.86. The van der Waals surface area contributed by atoms with E-state index in [4.69, 9.17) is 9.63 Å². The highest BCUT2D eigenvalue weighted by atomic mass is 16.5. The molecule has 2 rings (SSSR count). The molecular formula is C11H18N2O2. The number of nitrogens with zero attached hydrogens (tertiary/aromatic N) is 2. The molecule has 1 unspecified atom stereocenters. The fourth-order valence-electron chi connectivity index (χ4n) is 2.25. The Kier molecular flexibility index (Phi) is 3.38. The van der Waals surface area contributed by atoms with Gasteiger partial charge in [0.2, 0.25) is 0 Å². The second kappa shape index (κ2) is 4.77. The molecule has 1 atom stereocenters. The molecule has 0 bridgehead atoms. The van der Waals surface area contributed by atoms with E-state index in [1.807, 2.05) is 6.07 Å². The first kappa shape index (κ1) is 10.6. The first-order chi connectivity index (χ1) is 7.28. The maximum Gasteiger partial charge on any atom is 0.137 e. The van der Waals surface area contributed by atoms with Gasteiger partial charge in [0, 0.05) is 19.0 Å². The van der Waals surface area contributed by atoms with Gasteiger partial charge in [-0.25, -0.2) is 0 Å². The zero-order chi connectivity index (χ0) is 10.7. The van der Waals surface area contributed by atoms with Gasteiger partial charge in [-0.1, -0.05) is 5.16 Å². The lowest BCUT2D eigenvalue weighted by Crippen LogP contribution is -2.32. The van der Waals surface area contributed by atoms with E-state index in [1.54, 1.807) is 0 Å². The van der Waals surface area contributed by atoms with E-state index in [9.17, 15) is 0 Å². The van der Waals surface area contributed by atoms with Gasteiger partial charge in [0.05, 0.1) is 6.61 Å². The van der Waals surface area contributed by atoms with E-state index < -0.39 is 0 Å². The lowest BCUT2D eigenvalue weighted by atomic mass is 9.94. The zero-order valence-electron chi connectivity index (χ0n) is 9.15. The van der Waals surface area contributed by atoms with Crippen LogP contribution in [0.1, 0.15) is 24.3 Å². The summed E-state index contributed by atoms with van der Waals surface area (Å²) in [6.07, 6.45) is 3.47. The maximum atomic E-state index is 8.87. The van der Waals surface area contributed by atoms with E-state index in [0.29, 0.717) is 11.6 Å². The summed E-state index contributed by atoms with van der Waals surface area (Å²) in [4.78, 5) is 2.36. The highest BCUT2D eigenvalue weighted by Crippen LogP contribution is 2.20. The molecule has 0 spiro atoms. The third-order valence-electron chi connectivity index (χ3n) is 2.98. The fraction of sp³-hybridized carbons (Fsp3) is 0.727. The third kappa shape index (κ3) is 2.79. The van der Waals surface area contributed by atoms with Gasteiger partial charge < -0.3 is 14.5 Å². The van der Waals surface area contributed by atoms with Crippen molar-refractivity contribution in [1.29, 1.82) is 0 Å². The lowest BCUT2D eigenvalue weighted by Gasteiger charge is -2.28. The summed E-state index contributed by atoms with van der Waals surface area (Å²) in [7, 11) is 2.16. The Labute approximate surface area is 89.9 Å². The average Bonchev–Trinajstić information content (AvgIpc) is 2.65. The van der Waals surface area contributed by atoms with E-state index >= 15 is 0 Å². The number of aliphatic hydroxyl groups excluding tert-OH is 1. The predicted octanol–water partition coefficient (Wildman–Crippen LogP) is 1.05. The standard InChI is InChI=1S/C11H18N2O2/c1-13-4-2-3-9(7-13)5-11-6-10(8-14)12-15-11/h6,9,14H,2-5,7-8H2,1H3. The topological polar surface area (TPSA) is 49.5 Å². The van der Waals surface area contributed by atoms with Gasteiger partial charge in [-0.3, -0.25) is 0 Å². The van der Waals surface area contributed by atoms with Crippen LogP contribution in [0, 0.1) is 5.92 Å². The first-order valence-electron chi connectivity index (χ1n) is 5.52. The number of likely N-dealkylation sites (tertiary alicyclic amines) is 1. The molecule has 1 N–H and O–H groups in total. The maximum absolute atomic E-state index is 8.87. The van der Waals surface area contributed by atoms with Crippen LogP contribution < -0.4 is 0 Å². The van der Waals surface area contributed by atoms with Gasteiger partial charge >= 0.3 is 0 Å². The first-order valence-corrected chi connectivity index (χ1v) is 5.52. The van der Waals surface area contributed by atoms with Gasteiger partial charge in [-0.15, -0.1) is 0 Å². The second-order valence-electron chi connectivity index (χ2n) is 4.42. The van der Waals surface area contributed by atoms with Crippen LogP contribution in [0.5, 0.6) is 0 Å². The Morgan fingerprint density at radius 2 is 2.53 bits per heavy atom. The molecule has 0 aromatic carbocycles. The van der Waals surface area contributed by atoms with Crippen molar-refractivity contribution in [2.75, 3.05) is 20.1 Å². The van der Waals surface area contributed by atoms with Crippen LogP contribution in [0.3, 0.4) is 0 Å². The minimum atomic E-state index is -0.0337. The number of rotatable bonds is 3. The van der Waals surface area contributed by atoms with Crippen LogP contribution in [-0.4, -0.2) is 35.3 Å². The SMILES string of the molecule is CN1CCCC(Cc2cc(CO)no2)C1.